The lowest BCUT2D eigenvalue weighted by Crippen LogP contribution is -2.30. The van der Waals surface area contributed by atoms with Gasteiger partial charge in [0.25, 0.3) is 5.91 Å². The van der Waals surface area contributed by atoms with Crippen molar-refractivity contribution in [2.45, 2.75) is 19.9 Å². The van der Waals surface area contributed by atoms with Crippen molar-refractivity contribution in [3.8, 4) is 11.5 Å². The summed E-state index contributed by atoms with van der Waals surface area (Å²) >= 11 is 0. The van der Waals surface area contributed by atoms with E-state index in [4.69, 9.17) is 9.15 Å². The minimum atomic E-state index is -0.912. The van der Waals surface area contributed by atoms with Crippen LogP contribution in [0.1, 0.15) is 40.2 Å². The Bertz CT molecular complexity index is 1480. The van der Waals surface area contributed by atoms with E-state index in [2.05, 4.69) is 4.98 Å². The quantitative estimate of drug-likeness (QED) is 0.497. The number of aryl methyl sites for hydroxylation is 1. The molecule has 1 amide bonds. The van der Waals surface area contributed by atoms with Crippen LogP contribution in [0.5, 0.6) is 11.5 Å². The lowest BCUT2D eigenvalue weighted by molar-refractivity contribution is 0.0970. The van der Waals surface area contributed by atoms with Gasteiger partial charge in [-0.05, 0) is 67.4 Å². The average molecular weight is 446 g/mol. The zero-order valence-corrected chi connectivity index (χ0v) is 17.8. The molecule has 33 heavy (non-hydrogen) atoms. The number of hydrogen-bond acceptors (Lipinski definition) is 6. The predicted molar refractivity (Wildman–Crippen MR) is 119 cm³/mol. The van der Waals surface area contributed by atoms with E-state index in [1.165, 1.54) is 23.1 Å². The normalized spacial score (nSPS) is 15.2. The van der Waals surface area contributed by atoms with Gasteiger partial charge in [0.05, 0.1) is 23.6 Å². The first kappa shape index (κ1) is 20.7. The number of phenolic OH excluding ortho intramolecular Hbond substituents is 1. The van der Waals surface area contributed by atoms with Crippen LogP contribution in [0.2, 0.25) is 0 Å². The fourth-order valence-corrected chi connectivity index (χ4v) is 4.12. The van der Waals surface area contributed by atoms with Crippen LogP contribution in [0, 0.1) is 12.7 Å². The van der Waals surface area contributed by atoms with E-state index in [1.54, 1.807) is 37.4 Å². The number of anilines is 1. The lowest BCUT2D eigenvalue weighted by Gasteiger charge is -2.25. The van der Waals surface area contributed by atoms with Crippen molar-refractivity contribution < 1.29 is 23.4 Å². The lowest BCUT2D eigenvalue weighted by atomic mass is 9.98. The number of aromatic nitrogens is 1. The van der Waals surface area contributed by atoms with Crippen molar-refractivity contribution in [2.75, 3.05) is 11.5 Å². The van der Waals surface area contributed by atoms with Gasteiger partial charge in [0.1, 0.15) is 17.2 Å². The molecule has 1 atom stereocenters. The van der Waals surface area contributed by atoms with E-state index in [-0.39, 0.29) is 33.8 Å². The van der Waals surface area contributed by atoms with Crippen LogP contribution < -0.4 is 15.1 Å². The van der Waals surface area contributed by atoms with Gasteiger partial charge in [-0.1, -0.05) is 6.07 Å². The van der Waals surface area contributed by atoms with Crippen LogP contribution in [-0.2, 0) is 0 Å². The van der Waals surface area contributed by atoms with Gasteiger partial charge < -0.3 is 14.3 Å². The van der Waals surface area contributed by atoms with E-state index in [1.807, 2.05) is 6.92 Å². The van der Waals surface area contributed by atoms with Crippen LogP contribution in [0.25, 0.3) is 11.0 Å². The topological polar surface area (TPSA) is 92.9 Å². The molecule has 0 aliphatic carbocycles. The van der Waals surface area contributed by atoms with Crippen LogP contribution in [0.15, 0.2) is 63.9 Å². The third kappa shape index (κ3) is 3.31. The monoisotopic (exact) mass is 446 g/mol. The van der Waals surface area contributed by atoms with E-state index >= 15 is 0 Å². The fourth-order valence-electron chi connectivity index (χ4n) is 4.12. The Hall–Kier alpha value is -4.20. The third-order valence-electron chi connectivity index (χ3n) is 5.58. The molecule has 0 saturated heterocycles. The first-order valence-electron chi connectivity index (χ1n) is 10.4. The maximum absolute atomic E-state index is 13.9. The number of nitrogens with zero attached hydrogens (tertiary/aromatic N) is 2. The summed E-state index contributed by atoms with van der Waals surface area (Å²) in [5.41, 5.74) is 1.07. The zero-order chi connectivity index (χ0) is 23.3. The summed E-state index contributed by atoms with van der Waals surface area (Å²) in [7, 11) is 0. The summed E-state index contributed by atoms with van der Waals surface area (Å²) in [5, 5.41) is 10.2. The van der Waals surface area contributed by atoms with E-state index in [0.717, 1.165) is 11.6 Å². The number of ether oxygens (including phenoxy) is 1. The maximum Gasteiger partial charge on any atom is 0.296 e. The standard InChI is InChI=1S/C25H19FN2O5/c1-3-32-19-11-14(4-6-17(19)29)22-21-23(30)16-12-15(26)5-7-18(16)33-24(21)25(31)28(22)20-10-13(2)8-9-27-20/h4-12,22,29H,3H2,1-2H3. The molecule has 3 heterocycles. The largest absolute Gasteiger partial charge is 0.504 e. The number of fused-ring (bicyclic) bond motifs is 2. The molecule has 0 radical (unpaired) electrons. The van der Waals surface area contributed by atoms with E-state index in [9.17, 15) is 19.1 Å². The van der Waals surface area contributed by atoms with Crippen LogP contribution in [-0.4, -0.2) is 22.6 Å². The molecule has 1 aliphatic heterocycles. The second-order valence-corrected chi connectivity index (χ2v) is 7.74. The smallest absolute Gasteiger partial charge is 0.296 e. The fraction of sp³-hybridized carbons (Fsp3) is 0.160. The molecular weight excluding hydrogens is 427 g/mol. The third-order valence-corrected chi connectivity index (χ3v) is 5.58. The molecule has 8 heteroatoms. The molecular formula is C25H19FN2O5. The van der Waals surface area contributed by atoms with Crippen molar-refractivity contribution in [1.82, 2.24) is 4.98 Å². The molecule has 2 aromatic heterocycles. The second-order valence-electron chi connectivity index (χ2n) is 7.74. The highest BCUT2D eigenvalue weighted by molar-refractivity contribution is 6.10. The van der Waals surface area contributed by atoms with E-state index < -0.39 is 23.2 Å². The number of benzene rings is 2. The Balaban J connectivity index is 1.81. The number of phenols is 1. The average Bonchev–Trinajstić information content (AvgIpc) is 3.08. The van der Waals surface area contributed by atoms with Gasteiger partial charge in [0.15, 0.2) is 16.9 Å². The van der Waals surface area contributed by atoms with Gasteiger partial charge in [-0.3, -0.25) is 14.5 Å². The number of carbonyl (C=O) groups excluding carboxylic acids is 1. The highest BCUT2D eigenvalue weighted by Crippen LogP contribution is 2.42. The van der Waals surface area contributed by atoms with Crippen molar-refractivity contribution in [3.63, 3.8) is 0 Å². The molecule has 0 fully saturated rings. The SMILES string of the molecule is CCOc1cc(C2c3c(oc4ccc(F)cc4c3=O)C(=O)N2c2cc(C)ccn2)ccc1O. The van der Waals surface area contributed by atoms with Gasteiger partial charge in [-0.25, -0.2) is 9.37 Å². The van der Waals surface area contributed by atoms with Crippen molar-refractivity contribution in [2.24, 2.45) is 0 Å². The van der Waals surface area contributed by atoms with Crippen LogP contribution >= 0.6 is 0 Å². The number of rotatable bonds is 4. The summed E-state index contributed by atoms with van der Waals surface area (Å²) in [4.78, 5) is 32.8. The number of hydrogen-bond donors (Lipinski definition) is 1. The van der Waals surface area contributed by atoms with Crippen LogP contribution in [0.3, 0.4) is 0 Å². The number of amides is 1. The van der Waals surface area contributed by atoms with Crippen molar-refractivity contribution >= 4 is 22.7 Å². The predicted octanol–water partition coefficient (Wildman–Crippen LogP) is 4.49. The molecule has 166 valence electrons. The van der Waals surface area contributed by atoms with E-state index in [0.29, 0.717) is 18.0 Å². The molecule has 1 unspecified atom stereocenters. The van der Waals surface area contributed by atoms with Crippen molar-refractivity contribution in [3.05, 3.63) is 93.2 Å². The molecule has 4 aromatic rings. The van der Waals surface area contributed by atoms with Gasteiger partial charge >= 0.3 is 0 Å². The first-order chi connectivity index (χ1) is 15.9. The minimum absolute atomic E-state index is 0.0365. The second kappa shape index (κ2) is 7.74. The Morgan fingerprint density at radius 3 is 2.73 bits per heavy atom. The summed E-state index contributed by atoms with van der Waals surface area (Å²) < 4.78 is 25.3. The molecule has 0 saturated carbocycles. The van der Waals surface area contributed by atoms with Crippen LogP contribution in [0.4, 0.5) is 10.2 Å². The molecule has 0 spiro atoms. The summed E-state index contributed by atoms with van der Waals surface area (Å²) in [6.07, 6.45) is 1.57. The summed E-state index contributed by atoms with van der Waals surface area (Å²) in [6, 6.07) is 10.8. The molecule has 7 nitrogen and oxygen atoms in total. The maximum atomic E-state index is 13.9. The molecule has 5 rings (SSSR count). The Labute approximate surface area is 187 Å². The summed E-state index contributed by atoms with van der Waals surface area (Å²) in [6.45, 7) is 3.95. The van der Waals surface area contributed by atoms with Crippen molar-refractivity contribution in [1.29, 1.82) is 0 Å². The van der Waals surface area contributed by atoms with Gasteiger partial charge in [0, 0.05) is 6.20 Å². The molecule has 0 bridgehead atoms. The van der Waals surface area contributed by atoms with Gasteiger partial charge in [-0.15, -0.1) is 0 Å². The number of halogens is 1. The number of aromatic hydroxyl groups is 1. The zero-order valence-electron chi connectivity index (χ0n) is 17.8. The van der Waals surface area contributed by atoms with Gasteiger partial charge in [0.2, 0.25) is 5.76 Å². The molecule has 1 aliphatic rings. The number of pyridine rings is 1. The Morgan fingerprint density at radius 2 is 1.97 bits per heavy atom. The highest BCUT2D eigenvalue weighted by atomic mass is 19.1. The minimum Gasteiger partial charge on any atom is -0.504 e. The Kier molecular flexibility index (Phi) is 4.85. The highest BCUT2D eigenvalue weighted by Gasteiger charge is 2.44. The molecule has 2 aromatic carbocycles. The van der Waals surface area contributed by atoms with Gasteiger partial charge in [-0.2, -0.15) is 0 Å². The summed E-state index contributed by atoms with van der Waals surface area (Å²) in [5.74, 6) is -0.781. The molecule has 1 N–H and O–H groups in total. The number of carbonyl (C=O) groups is 1. The Morgan fingerprint density at radius 1 is 1.15 bits per heavy atom. The first-order valence-corrected chi connectivity index (χ1v) is 10.4.